The average Bonchev–Trinajstić information content (AvgIpc) is 2.29. The Balaban J connectivity index is 3.08. The van der Waals surface area contributed by atoms with Crippen LogP contribution in [0, 0.1) is 0 Å². The molecule has 0 amide bonds. The van der Waals surface area contributed by atoms with Gasteiger partial charge in [0.2, 0.25) is 0 Å². The van der Waals surface area contributed by atoms with Crippen molar-refractivity contribution >= 4 is 23.4 Å². The number of carboxylic acid groups (broad SMARTS) is 1. The Morgan fingerprint density at radius 1 is 1.47 bits per heavy atom. The molecule has 0 atom stereocenters. The Morgan fingerprint density at radius 2 is 2.06 bits per heavy atom. The quantitative estimate of drug-likeness (QED) is 0.823. The van der Waals surface area contributed by atoms with Gasteiger partial charge < -0.3 is 10.0 Å². The van der Waals surface area contributed by atoms with E-state index >= 15 is 0 Å². The Bertz CT molecular complexity index is 405. The summed E-state index contributed by atoms with van der Waals surface area (Å²) in [7, 11) is 1.90. The molecule has 0 bridgehead atoms. The van der Waals surface area contributed by atoms with Crippen LogP contribution in [0.5, 0.6) is 0 Å². The van der Waals surface area contributed by atoms with Gasteiger partial charge in [0, 0.05) is 13.1 Å². The fourth-order valence-electron chi connectivity index (χ4n) is 1.81. The molecule has 1 rings (SSSR count). The van der Waals surface area contributed by atoms with E-state index in [0.29, 0.717) is 11.9 Å². The molecule has 1 N–H and O–H groups in total. The maximum atomic E-state index is 10.9. The second-order valence-electron chi connectivity index (χ2n) is 3.92. The molecule has 0 saturated heterocycles. The van der Waals surface area contributed by atoms with Gasteiger partial charge in [-0.05, 0) is 25.0 Å². The molecule has 0 saturated carbocycles. The zero-order chi connectivity index (χ0) is 13.0. The van der Waals surface area contributed by atoms with Crippen molar-refractivity contribution in [3.05, 3.63) is 22.8 Å². The fourth-order valence-corrected chi connectivity index (χ4v) is 2.01. The number of aromatic nitrogens is 1. The SMILES string of the molecule is CCC(CC)N(C)c1cc(C(=O)O)cc(Cl)n1. The van der Waals surface area contributed by atoms with Crippen LogP contribution in [0.25, 0.3) is 0 Å². The lowest BCUT2D eigenvalue weighted by atomic mass is 10.1. The minimum Gasteiger partial charge on any atom is -0.478 e. The zero-order valence-electron chi connectivity index (χ0n) is 10.3. The van der Waals surface area contributed by atoms with Gasteiger partial charge in [0.25, 0.3) is 0 Å². The van der Waals surface area contributed by atoms with Gasteiger partial charge in [0.1, 0.15) is 11.0 Å². The molecular formula is C12H17ClN2O2. The van der Waals surface area contributed by atoms with Crippen molar-refractivity contribution < 1.29 is 9.90 Å². The first-order valence-corrected chi connectivity index (χ1v) is 6.01. The van der Waals surface area contributed by atoms with Crippen LogP contribution in [0.4, 0.5) is 5.82 Å². The van der Waals surface area contributed by atoms with Gasteiger partial charge in [0.05, 0.1) is 5.56 Å². The highest BCUT2D eigenvalue weighted by Crippen LogP contribution is 2.21. The maximum absolute atomic E-state index is 10.9. The third-order valence-electron chi connectivity index (χ3n) is 2.88. The molecule has 0 aliphatic heterocycles. The van der Waals surface area contributed by atoms with E-state index < -0.39 is 5.97 Å². The van der Waals surface area contributed by atoms with Crippen molar-refractivity contribution in [2.45, 2.75) is 32.7 Å². The number of nitrogens with zero attached hydrogens (tertiary/aromatic N) is 2. The van der Waals surface area contributed by atoms with Crippen LogP contribution < -0.4 is 4.90 Å². The number of halogens is 1. The van der Waals surface area contributed by atoms with E-state index in [0.717, 1.165) is 12.8 Å². The summed E-state index contributed by atoms with van der Waals surface area (Å²) >= 11 is 5.83. The van der Waals surface area contributed by atoms with Crippen LogP contribution in [-0.4, -0.2) is 29.1 Å². The van der Waals surface area contributed by atoms with Gasteiger partial charge >= 0.3 is 5.97 Å². The van der Waals surface area contributed by atoms with E-state index in [1.165, 1.54) is 6.07 Å². The molecule has 1 aromatic rings. The third-order valence-corrected chi connectivity index (χ3v) is 3.07. The average molecular weight is 257 g/mol. The summed E-state index contributed by atoms with van der Waals surface area (Å²) in [5, 5.41) is 9.17. The Morgan fingerprint density at radius 3 is 2.53 bits per heavy atom. The summed E-state index contributed by atoms with van der Waals surface area (Å²) < 4.78 is 0. The minimum absolute atomic E-state index is 0.165. The number of hydrogen-bond donors (Lipinski definition) is 1. The predicted octanol–water partition coefficient (Wildman–Crippen LogP) is 3.06. The number of carboxylic acids is 1. The Kier molecular flexibility index (Phi) is 4.75. The van der Waals surface area contributed by atoms with E-state index in [-0.39, 0.29) is 10.7 Å². The molecule has 0 spiro atoms. The molecule has 1 aromatic heterocycles. The number of carbonyl (C=O) groups is 1. The van der Waals surface area contributed by atoms with Gasteiger partial charge in [-0.15, -0.1) is 0 Å². The standard InChI is InChI=1S/C12H17ClN2O2/c1-4-9(5-2)15(3)11-7-8(12(16)17)6-10(13)14-11/h6-7,9H,4-5H2,1-3H3,(H,16,17). The molecule has 0 fully saturated rings. The van der Waals surface area contributed by atoms with Gasteiger partial charge in [-0.3, -0.25) is 0 Å². The van der Waals surface area contributed by atoms with Gasteiger partial charge in [0.15, 0.2) is 0 Å². The molecule has 4 nitrogen and oxygen atoms in total. The van der Waals surface area contributed by atoms with Crippen molar-refractivity contribution in [1.29, 1.82) is 0 Å². The van der Waals surface area contributed by atoms with Crippen LogP contribution >= 0.6 is 11.6 Å². The smallest absolute Gasteiger partial charge is 0.335 e. The first-order valence-electron chi connectivity index (χ1n) is 5.63. The molecule has 0 radical (unpaired) electrons. The van der Waals surface area contributed by atoms with Crippen LogP contribution in [-0.2, 0) is 0 Å². The van der Waals surface area contributed by atoms with Crippen LogP contribution in [0.2, 0.25) is 5.15 Å². The fraction of sp³-hybridized carbons (Fsp3) is 0.500. The monoisotopic (exact) mass is 256 g/mol. The summed E-state index contributed by atoms with van der Waals surface area (Å²) in [5.74, 6) is -0.392. The molecule has 0 aliphatic rings. The molecule has 0 aliphatic carbocycles. The highest BCUT2D eigenvalue weighted by atomic mass is 35.5. The van der Waals surface area contributed by atoms with E-state index in [2.05, 4.69) is 18.8 Å². The number of hydrogen-bond acceptors (Lipinski definition) is 3. The number of rotatable bonds is 5. The lowest BCUT2D eigenvalue weighted by Crippen LogP contribution is -2.31. The minimum atomic E-state index is -0.992. The first kappa shape index (κ1) is 13.8. The largest absolute Gasteiger partial charge is 0.478 e. The normalized spacial score (nSPS) is 10.6. The molecule has 1 heterocycles. The van der Waals surface area contributed by atoms with E-state index in [9.17, 15) is 4.79 Å². The molecule has 0 aromatic carbocycles. The number of aromatic carboxylic acids is 1. The third kappa shape index (κ3) is 3.33. The van der Waals surface area contributed by atoms with Crippen molar-refractivity contribution in [3.63, 3.8) is 0 Å². The van der Waals surface area contributed by atoms with E-state index in [1.807, 2.05) is 11.9 Å². The molecular weight excluding hydrogens is 240 g/mol. The summed E-state index contributed by atoms with van der Waals surface area (Å²) in [6.07, 6.45) is 1.95. The first-order chi connectivity index (χ1) is 7.99. The van der Waals surface area contributed by atoms with Crippen molar-refractivity contribution in [3.8, 4) is 0 Å². The second-order valence-corrected chi connectivity index (χ2v) is 4.31. The van der Waals surface area contributed by atoms with Crippen LogP contribution in [0.1, 0.15) is 37.0 Å². The van der Waals surface area contributed by atoms with E-state index in [1.54, 1.807) is 6.07 Å². The molecule has 5 heteroatoms. The lowest BCUT2D eigenvalue weighted by molar-refractivity contribution is 0.0697. The van der Waals surface area contributed by atoms with Gasteiger partial charge in [-0.1, -0.05) is 25.4 Å². The molecule has 94 valence electrons. The maximum Gasteiger partial charge on any atom is 0.335 e. The second kappa shape index (κ2) is 5.87. The topological polar surface area (TPSA) is 53.4 Å². The number of anilines is 1. The number of pyridine rings is 1. The summed E-state index contributed by atoms with van der Waals surface area (Å²) in [4.78, 5) is 17.1. The van der Waals surface area contributed by atoms with Gasteiger partial charge in [-0.2, -0.15) is 0 Å². The summed E-state index contributed by atoms with van der Waals surface area (Å²) in [6, 6.07) is 3.24. The Hall–Kier alpha value is -1.29. The molecule has 17 heavy (non-hydrogen) atoms. The highest BCUT2D eigenvalue weighted by molar-refractivity contribution is 6.29. The molecule has 0 unspecified atom stereocenters. The van der Waals surface area contributed by atoms with Crippen LogP contribution in [0.3, 0.4) is 0 Å². The highest BCUT2D eigenvalue weighted by Gasteiger charge is 2.15. The zero-order valence-corrected chi connectivity index (χ0v) is 11.0. The van der Waals surface area contributed by atoms with Crippen molar-refractivity contribution in [2.75, 3.05) is 11.9 Å². The Labute approximate surface area is 106 Å². The van der Waals surface area contributed by atoms with Gasteiger partial charge in [-0.25, -0.2) is 9.78 Å². The van der Waals surface area contributed by atoms with Crippen LogP contribution in [0.15, 0.2) is 12.1 Å². The summed E-state index contributed by atoms with van der Waals surface area (Å²) in [6.45, 7) is 4.18. The summed E-state index contributed by atoms with van der Waals surface area (Å²) in [5.41, 5.74) is 0.165. The van der Waals surface area contributed by atoms with Crippen molar-refractivity contribution in [1.82, 2.24) is 4.98 Å². The lowest BCUT2D eigenvalue weighted by Gasteiger charge is -2.27. The van der Waals surface area contributed by atoms with E-state index in [4.69, 9.17) is 16.7 Å². The van der Waals surface area contributed by atoms with Crippen molar-refractivity contribution in [2.24, 2.45) is 0 Å². The predicted molar refractivity (Wildman–Crippen MR) is 69.0 cm³/mol.